The Kier molecular flexibility index (Phi) is 9.39. The Morgan fingerprint density at radius 2 is 1.54 bits per heavy atom. The summed E-state index contributed by atoms with van der Waals surface area (Å²) in [5.41, 5.74) is 5.69. The average Bonchev–Trinajstić information content (AvgIpc) is 3.19. The molecule has 6 nitrogen and oxygen atoms in total. The lowest BCUT2D eigenvalue weighted by Gasteiger charge is -2.36. The number of ether oxygens (including phenoxy) is 2. The molecule has 236 valence electrons. The summed E-state index contributed by atoms with van der Waals surface area (Å²) in [5.74, 6) is 0.684. The van der Waals surface area contributed by atoms with Crippen LogP contribution in [-0.4, -0.2) is 18.3 Å². The summed E-state index contributed by atoms with van der Waals surface area (Å²) < 4.78 is 12.3. The third-order valence-electron chi connectivity index (χ3n) is 8.45. The summed E-state index contributed by atoms with van der Waals surface area (Å²) in [7, 11) is 0. The molecule has 1 heterocycles. The fourth-order valence-electron chi connectivity index (χ4n) is 6.22. The van der Waals surface area contributed by atoms with E-state index < -0.39 is 6.04 Å². The lowest BCUT2D eigenvalue weighted by Crippen LogP contribution is -2.40. The number of amides is 1. The molecule has 4 aromatic carbocycles. The molecule has 2 atom stereocenters. The topological polar surface area (TPSA) is 67.9 Å². The van der Waals surface area contributed by atoms with Crippen LogP contribution in [0.1, 0.15) is 62.3 Å². The predicted molar refractivity (Wildman–Crippen MR) is 184 cm³/mol. The van der Waals surface area contributed by atoms with Gasteiger partial charge in [-0.2, -0.15) is 0 Å². The van der Waals surface area contributed by atoms with Crippen LogP contribution in [0.4, 0.5) is 11.4 Å². The number of anilines is 2. The molecule has 0 aromatic heterocycles. The van der Waals surface area contributed by atoms with Crippen molar-refractivity contribution in [2.75, 3.05) is 16.8 Å². The van der Waals surface area contributed by atoms with E-state index in [1.807, 2.05) is 112 Å². The number of allylic oxidation sites excluding steroid dienone is 1. The number of hydrogen-bond acceptors (Lipinski definition) is 5. The largest absolute Gasteiger partial charge is 0.490 e. The van der Waals surface area contributed by atoms with Crippen molar-refractivity contribution in [3.05, 3.63) is 129 Å². The van der Waals surface area contributed by atoms with Gasteiger partial charge < -0.3 is 14.8 Å². The van der Waals surface area contributed by atoms with Crippen molar-refractivity contribution < 1.29 is 19.1 Å². The first-order chi connectivity index (χ1) is 22.2. The van der Waals surface area contributed by atoms with Crippen LogP contribution < -0.4 is 19.7 Å². The molecule has 0 unspecified atom stereocenters. The van der Waals surface area contributed by atoms with Crippen LogP contribution in [-0.2, 0) is 16.2 Å². The second kappa shape index (κ2) is 13.6. The highest BCUT2D eigenvalue weighted by Crippen LogP contribution is 2.49. The minimum atomic E-state index is -0.677. The molecule has 0 saturated carbocycles. The van der Waals surface area contributed by atoms with Crippen molar-refractivity contribution in [1.29, 1.82) is 0 Å². The first-order valence-electron chi connectivity index (χ1n) is 15.6. The summed E-state index contributed by atoms with van der Waals surface area (Å²) in [6.45, 7) is 6.43. The minimum Gasteiger partial charge on any atom is -0.490 e. The minimum absolute atomic E-state index is 0.00547. The molecule has 0 saturated heterocycles. The number of hydrogen-bond donors (Lipinski definition) is 1. The molecular formula is C38H36Cl2N2O4. The highest BCUT2D eigenvalue weighted by Gasteiger charge is 2.42. The number of carbonyl (C=O) groups excluding carboxylic acids is 2. The van der Waals surface area contributed by atoms with Crippen molar-refractivity contribution in [3.63, 3.8) is 0 Å². The van der Waals surface area contributed by atoms with Gasteiger partial charge >= 0.3 is 0 Å². The zero-order valence-corrected chi connectivity index (χ0v) is 27.6. The molecule has 1 amide bonds. The highest BCUT2D eigenvalue weighted by atomic mass is 35.5. The van der Waals surface area contributed by atoms with Gasteiger partial charge in [0, 0.05) is 33.7 Å². The van der Waals surface area contributed by atoms with Crippen LogP contribution in [0.15, 0.2) is 102 Å². The smallest absolute Gasteiger partial charge is 0.230 e. The van der Waals surface area contributed by atoms with Crippen LogP contribution in [0.5, 0.6) is 11.5 Å². The van der Waals surface area contributed by atoms with Gasteiger partial charge in [0.25, 0.3) is 0 Å². The van der Waals surface area contributed by atoms with E-state index in [0.717, 1.165) is 33.8 Å². The van der Waals surface area contributed by atoms with E-state index in [2.05, 4.69) is 5.32 Å². The van der Waals surface area contributed by atoms with Crippen LogP contribution in [0.25, 0.3) is 0 Å². The lowest BCUT2D eigenvalue weighted by molar-refractivity contribution is -0.121. The highest BCUT2D eigenvalue weighted by molar-refractivity contribution is 6.30. The van der Waals surface area contributed by atoms with Gasteiger partial charge in [-0.1, -0.05) is 79.5 Å². The van der Waals surface area contributed by atoms with E-state index in [0.29, 0.717) is 53.2 Å². The maximum Gasteiger partial charge on any atom is 0.230 e. The molecule has 1 aliphatic carbocycles. The van der Waals surface area contributed by atoms with Crippen molar-refractivity contribution in [2.24, 2.45) is 5.92 Å². The van der Waals surface area contributed by atoms with E-state index in [9.17, 15) is 9.59 Å². The van der Waals surface area contributed by atoms with Crippen LogP contribution in [0.2, 0.25) is 10.0 Å². The Bertz CT molecular complexity index is 1780. The van der Waals surface area contributed by atoms with Gasteiger partial charge in [-0.15, -0.1) is 0 Å². The fourth-order valence-corrected chi connectivity index (χ4v) is 6.47. The number of Topliss-reactive ketones (excluding diaryl/α,β-unsaturated/α-hetero) is 1. The predicted octanol–water partition coefficient (Wildman–Crippen LogP) is 9.53. The van der Waals surface area contributed by atoms with Gasteiger partial charge in [-0.3, -0.25) is 14.5 Å². The van der Waals surface area contributed by atoms with Gasteiger partial charge in [-0.25, -0.2) is 0 Å². The molecule has 1 N–H and O–H groups in total. The van der Waals surface area contributed by atoms with Gasteiger partial charge in [0.1, 0.15) is 6.61 Å². The summed E-state index contributed by atoms with van der Waals surface area (Å²) in [5, 5.41) is 4.91. The summed E-state index contributed by atoms with van der Waals surface area (Å²) >= 11 is 12.2. The number of benzene rings is 4. The second-order valence-electron chi connectivity index (χ2n) is 11.9. The monoisotopic (exact) mass is 654 g/mol. The maximum atomic E-state index is 14.3. The molecule has 46 heavy (non-hydrogen) atoms. The van der Waals surface area contributed by atoms with Crippen LogP contribution in [0, 0.1) is 5.92 Å². The zero-order valence-electron chi connectivity index (χ0n) is 26.1. The quantitative estimate of drug-likeness (QED) is 0.205. The molecule has 0 radical (unpaired) electrons. The Morgan fingerprint density at radius 1 is 0.870 bits per heavy atom. The normalized spacial score (nSPS) is 17.6. The molecule has 0 fully saturated rings. The van der Waals surface area contributed by atoms with E-state index >= 15 is 0 Å². The third kappa shape index (κ3) is 6.51. The molecule has 2 aliphatic rings. The van der Waals surface area contributed by atoms with Crippen molar-refractivity contribution in [1.82, 2.24) is 0 Å². The average molecular weight is 656 g/mol. The maximum absolute atomic E-state index is 14.3. The van der Waals surface area contributed by atoms with E-state index in [4.69, 9.17) is 32.7 Å². The SMILES string of the molecule is CCOc1cc([C@@H]2C3=C(C[C@H](c4ccc(Cl)cc4)CC3=O)Nc3ccccc3N2C(=O)C(C)C)ccc1OCc1ccc(Cl)cc1. The number of ketones is 1. The number of para-hydroxylation sites is 2. The second-order valence-corrected chi connectivity index (χ2v) is 12.8. The molecule has 8 heteroatoms. The fraction of sp³-hybridized carbons (Fsp3) is 0.263. The number of halogens is 2. The molecule has 1 aliphatic heterocycles. The Balaban J connectivity index is 1.47. The Hall–Kier alpha value is -4.26. The molecule has 0 spiro atoms. The van der Waals surface area contributed by atoms with Gasteiger partial charge in [0.15, 0.2) is 17.3 Å². The Morgan fingerprint density at radius 3 is 2.24 bits per heavy atom. The van der Waals surface area contributed by atoms with Gasteiger partial charge in [0.2, 0.25) is 5.91 Å². The van der Waals surface area contributed by atoms with Crippen LogP contribution >= 0.6 is 23.2 Å². The van der Waals surface area contributed by atoms with Gasteiger partial charge in [-0.05, 0) is 84.5 Å². The lowest BCUT2D eigenvalue weighted by atomic mass is 9.78. The van der Waals surface area contributed by atoms with Crippen molar-refractivity contribution in [2.45, 2.75) is 52.2 Å². The summed E-state index contributed by atoms with van der Waals surface area (Å²) in [4.78, 5) is 30.3. The molecule has 4 aromatic rings. The number of rotatable bonds is 8. The van der Waals surface area contributed by atoms with Crippen LogP contribution in [0.3, 0.4) is 0 Å². The number of nitrogens with zero attached hydrogens (tertiary/aromatic N) is 1. The summed E-state index contributed by atoms with van der Waals surface area (Å²) in [6.07, 6.45) is 0.928. The number of nitrogens with one attached hydrogen (secondary N) is 1. The zero-order chi connectivity index (χ0) is 32.4. The number of carbonyl (C=O) groups is 2. The molecule has 0 bridgehead atoms. The van der Waals surface area contributed by atoms with E-state index in [-0.39, 0.29) is 23.5 Å². The van der Waals surface area contributed by atoms with E-state index in [1.54, 1.807) is 4.90 Å². The van der Waals surface area contributed by atoms with E-state index in [1.165, 1.54) is 0 Å². The standard InChI is InChI=1S/C38H36Cl2N2O4/c1-4-45-35-21-26(13-18-34(35)46-22-24-9-14-28(39)15-10-24)37-36-31(19-27(20-33(36)43)25-11-16-29(40)17-12-25)41-30-7-5-6-8-32(30)42(37)38(44)23(2)3/h5-18,21,23,27,37,41H,4,19-20,22H2,1-3H3/t27-,37+/m0/s1. The molecular weight excluding hydrogens is 619 g/mol. The first-order valence-corrected chi connectivity index (χ1v) is 16.3. The van der Waals surface area contributed by atoms with Crippen molar-refractivity contribution >= 4 is 46.3 Å². The molecule has 6 rings (SSSR count). The Labute approximate surface area is 279 Å². The third-order valence-corrected chi connectivity index (χ3v) is 8.96. The first kappa shape index (κ1) is 31.7. The van der Waals surface area contributed by atoms with Gasteiger partial charge in [0.05, 0.1) is 24.0 Å². The number of fused-ring (bicyclic) bond motifs is 1. The van der Waals surface area contributed by atoms with Crippen molar-refractivity contribution in [3.8, 4) is 11.5 Å². The summed E-state index contributed by atoms with van der Waals surface area (Å²) in [6, 6.07) is 28.0.